The maximum absolute atomic E-state index is 12.6. The Morgan fingerprint density at radius 1 is 1.24 bits per heavy atom. The zero-order valence-electron chi connectivity index (χ0n) is 13.2. The molecule has 2 N–H and O–H groups in total. The maximum atomic E-state index is 12.6. The highest BCUT2D eigenvalue weighted by molar-refractivity contribution is 6.31. The third-order valence-electron chi connectivity index (χ3n) is 4.41. The Hall–Kier alpha value is -1.22. The third kappa shape index (κ3) is 4.13. The molecule has 2 rings (SSSR count). The molecule has 0 saturated carbocycles. The van der Waals surface area contributed by atoms with Gasteiger partial charge >= 0.3 is 0 Å². The van der Waals surface area contributed by atoms with Crippen molar-refractivity contribution in [3.8, 4) is 0 Å². The first-order valence-electron chi connectivity index (χ1n) is 7.63. The van der Waals surface area contributed by atoms with Crippen molar-refractivity contribution in [1.82, 2.24) is 4.90 Å². The number of anilines is 1. The van der Waals surface area contributed by atoms with E-state index in [2.05, 4.69) is 20.8 Å². The molecule has 1 aromatic rings. The molecule has 1 aliphatic rings. The van der Waals surface area contributed by atoms with Crippen LogP contribution in [0.3, 0.4) is 0 Å². The molecule has 1 unspecified atom stereocenters. The first kappa shape index (κ1) is 16.2. The minimum atomic E-state index is 0.0405. The van der Waals surface area contributed by atoms with Crippen LogP contribution in [0.1, 0.15) is 50.4 Å². The van der Waals surface area contributed by atoms with E-state index in [1.165, 1.54) is 6.42 Å². The molecule has 0 bridgehead atoms. The molecule has 1 heterocycles. The summed E-state index contributed by atoms with van der Waals surface area (Å²) in [5.74, 6) is 0.707. The zero-order chi connectivity index (χ0) is 15.6. The zero-order valence-corrected chi connectivity index (χ0v) is 13.9. The number of nitrogen functional groups attached to an aromatic ring is 1. The molecule has 1 fully saturated rings. The van der Waals surface area contributed by atoms with Crippen LogP contribution in [0.15, 0.2) is 18.2 Å². The van der Waals surface area contributed by atoms with Crippen molar-refractivity contribution in [1.29, 1.82) is 0 Å². The number of carbonyl (C=O) groups excluding carboxylic acids is 1. The van der Waals surface area contributed by atoms with Gasteiger partial charge in [-0.1, -0.05) is 32.4 Å². The van der Waals surface area contributed by atoms with Crippen LogP contribution < -0.4 is 5.73 Å². The highest BCUT2D eigenvalue weighted by Crippen LogP contribution is 2.34. The SMILES string of the molecule is CC(C)(C)C1CCCN(C(=O)c2cc(N)cc(Cl)c2)CC1. The van der Waals surface area contributed by atoms with E-state index < -0.39 is 0 Å². The summed E-state index contributed by atoms with van der Waals surface area (Å²) in [7, 11) is 0. The lowest BCUT2D eigenvalue weighted by Gasteiger charge is -2.29. The number of benzene rings is 1. The maximum Gasteiger partial charge on any atom is 0.253 e. The second-order valence-electron chi connectivity index (χ2n) is 7.06. The Morgan fingerprint density at radius 2 is 1.95 bits per heavy atom. The predicted molar refractivity (Wildman–Crippen MR) is 88.6 cm³/mol. The number of rotatable bonds is 1. The number of amides is 1. The third-order valence-corrected chi connectivity index (χ3v) is 4.63. The van der Waals surface area contributed by atoms with Gasteiger partial charge in [0.25, 0.3) is 5.91 Å². The molecule has 1 atom stereocenters. The molecular weight excluding hydrogens is 284 g/mol. The minimum Gasteiger partial charge on any atom is -0.399 e. The largest absolute Gasteiger partial charge is 0.399 e. The van der Waals surface area contributed by atoms with Crippen molar-refractivity contribution < 1.29 is 4.79 Å². The van der Waals surface area contributed by atoms with Crippen molar-refractivity contribution in [3.63, 3.8) is 0 Å². The quantitative estimate of drug-likeness (QED) is 0.790. The van der Waals surface area contributed by atoms with Gasteiger partial charge < -0.3 is 10.6 Å². The molecule has 1 aliphatic heterocycles. The molecule has 116 valence electrons. The summed E-state index contributed by atoms with van der Waals surface area (Å²) in [6.45, 7) is 8.48. The Kier molecular flexibility index (Phi) is 4.82. The smallest absolute Gasteiger partial charge is 0.253 e. The predicted octanol–water partition coefficient (Wildman–Crippen LogP) is 4.21. The van der Waals surface area contributed by atoms with E-state index in [0.29, 0.717) is 27.6 Å². The number of hydrogen-bond donors (Lipinski definition) is 1. The number of hydrogen-bond acceptors (Lipinski definition) is 2. The molecule has 0 radical (unpaired) electrons. The lowest BCUT2D eigenvalue weighted by Crippen LogP contribution is -2.32. The van der Waals surface area contributed by atoms with Crippen LogP contribution >= 0.6 is 11.6 Å². The summed E-state index contributed by atoms with van der Waals surface area (Å²) >= 11 is 6.00. The topological polar surface area (TPSA) is 46.3 Å². The van der Waals surface area contributed by atoms with E-state index in [9.17, 15) is 4.79 Å². The fraction of sp³-hybridized carbons (Fsp3) is 0.588. The molecule has 4 heteroatoms. The normalized spacial score (nSPS) is 20.2. The van der Waals surface area contributed by atoms with Crippen LogP contribution in [0.4, 0.5) is 5.69 Å². The first-order valence-corrected chi connectivity index (χ1v) is 8.00. The average Bonchev–Trinajstić information content (AvgIpc) is 2.61. The number of carbonyl (C=O) groups is 1. The molecule has 3 nitrogen and oxygen atoms in total. The summed E-state index contributed by atoms with van der Waals surface area (Å²) in [4.78, 5) is 14.6. The van der Waals surface area contributed by atoms with Crippen molar-refractivity contribution in [3.05, 3.63) is 28.8 Å². The van der Waals surface area contributed by atoms with E-state index in [4.69, 9.17) is 17.3 Å². The summed E-state index contributed by atoms with van der Waals surface area (Å²) in [6.07, 6.45) is 3.31. The van der Waals surface area contributed by atoms with Gasteiger partial charge in [-0.25, -0.2) is 0 Å². The van der Waals surface area contributed by atoms with E-state index in [1.807, 2.05) is 4.90 Å². The van der Waals surface area contributed by atoms with Crippen LogP contribution in [-0.4, -0.2) is 23.9 Å². The van der Waals surface area contributed by atoms with Crippen LogP contribution in [-0.2, 0) is 0 Å². The number of halogens is 1. The number of nitrogens with zero attached hydrogens (tertiary/aromatic N) is 1. The van der Waals surface area contributed by atoms with Gasteiger partial charge in [0.1, 0.15) is 0 Å². The van der Waals surface area contributed by atoms with E-state index in [1.54, 1.807) is 18.2 Å². The Labute approximate surface area is 132 Å². The fourth-order valence-corrected chi connectivity index (χ4v) is 3.33. The van der Waals surface area contributed by atoms with Gasteiger partial charge in [0.05, 0.1) is 0 Å². The van der Waals surface area contributed by atoms with Gasteiger partial charge in [0.2, 0.25) is 0 Å². The van der Waals surface area contributed by atoms with Crippen molar-refractivity contribution in [2.45, 2.75) is 40.0 Å². The van der Waals surface area contributed by atoms with Gasteiger partial charge in [0.15, 0.2) is 0 Å². The number of likely N-dealkylation sites (tertiary alicyclic amines) is 1. The summed E-state index contributed by atoms with van der Waals surface area (Å²) in [6, 6.07) is 5.07. The monoisotopic (exact) mass is 308 g/mol. The first-order chi connectivity index (χ1) is 9.77. The average molecular weight is 309 g/mol. The molecule has 1 amide bonds. The van der Waals surface area contributed by atoms with Crippen molar-refractivity contribution in [2.75, 3.05) is 18.8 Å². The Balaban J connectivity index is 2.10. The molecule has 0 spiro atoms. The summed E-state index contributed by atoms with van der Waals surface area (Å²) in [5.41, 5.74) is 7.21. The Morgan fingerprint density at radius 3 is 2.57 bits per heavy atom. The second-order valence-corrected chi connectivity index (χ2v) is 7.50. The lowest BCUT2D eigenvalue weighted by atomic mass is 9.77. The van der Waals surface area contributed by atoms with Crippen LogP contribution in [0, 0.1) is 11.3 Å². The highest BCUT2D eigenvalue weighted by atomic mass is 35.5. The molecule has 0 aromatic heterocycles. The summed E-state index contributed by atoms with van der Waals surface area (Å²) < 4.78 is 0. The molecular formula is C17H25ClN2O. The second kappa shape index (κ2) is 6.27. The highest BCUT2D eigenvalue weighted by Gasteiger charge is 2.28. The van der Waals surface area contributed by atoms with Gasteiger partial charge in [-0.15, -0.1) is 0 Å². The molecule has 0 aliphatic carbocycles. The molecule has 1 saturated heterocycles. The van der Waals surface area contributed by atoms with Gasteiger partial charge in [-0.05, 0) is 48.8 Å². The summed E-state index contributed by atoms with van der Waals surface area (Å²) in [5, 5.41) is 0.515. The van der Waals surface area contributed by atoms with E-state index in [-0.39, 0.29) is 5.91 Å². The molecule has 1 aromatic carbocycles. The van der Waals surface area contributed by atoms with E-state index >= 15 is 0 Å². The van der Waals surface area contributed by atoms with Gasteiger partial charge in [0, 0.05) is 29.4 Å². The Bertz CT molecular complexity index is 502. The molecule has 21 heavy (non-hydrogen) atoms. The van der Waals surface area contributed by atoms with Crippen molar-refractivity contribution in [2.24, 2.45) is 11.3 Å². The fourth-order valence-electron chi connectivity index (χ4n) is 3.08. The minimum absolute atomic E-state index is 0.0405. The van der Waals surface area contributed by atoms with Crippen molar-refractivity contribution >= 4 is 23.2 Å². The van der Waals surface area contributed by atoms with Crippen LogP contribution in [0.5, 0.6) is 0 Å². The van der Waals surface area contributed by atoms with Gasteiger partial charge in [-0.3, -0.25) is 4.79 Å². The standard InChI is InChI=1S/C17H25ClN2O/c1-17(2,3)13-5-4-7-20(8-6-13)16(21)12-9-14(18)11-15(19)10-12/h9-11,13H,4-8,19H2,1-3H3. The van der Waals surface area contributed by atoms with E-state index in [0.717, 1.165) is 25.9 Å². The van der Waals surface area contributed by atoms with Gasteiger partial charge in [-0.2, -0.15) is 0 Å². The lowest BCUT2D eigenvalue weighted by molar-refractivity contribution is 0.0755. The number of nitrogens with two attached hydrogens (primary N) is 1. The van der Waals surface area contributed by atoms with Crippen LogP contribution in [0.25, 0.3) is 0 Å². The van der Waals surface area contributed by atoms with Crippen LogP contribution in [0.2, 0.25) is 5.02 Å².